The van der Waals surface area contributed by atoms with Crippen LogP contribution in [0.25, 0.3) is 0 Å². The Labute approximate surface area is 163 Å². The van der Waals surface area contributed by atoms with Gasteiger partial charge in [0.25, 0.3) is 0 Å². The van der Waals surface area contributed by atoms with E-state index in [1.807, 2.05) is 0 Å². The fourth-order valence-corrected chi connectivity index (χ4v) is 2.96. The molecule has 1 aliphatic rings. The summed E-state index contributed by atoms with van der Waals surface area (Å²) in [6, 6.07) is 7.77. The molecule has 2 unspecified atom stereocenters. The SMILES string of the molecule is CN1C(O)CCC1C(=O)Nc1cc(Oc2ccc(OC(F)(F)F)cc2)ccc1F. The Morgan fingerprint density at radius 1 is 1.10 bits per heavy atom. The first-order chi connectivity index (χ1) is 13.6. The van der Waals surface area contributed by atoms with E-state index < -0.39 is 36.1 Å². The molecule has 0 spiro atoms. The van der Waals surface area contributed by atoms with E-state index in [0.717, 1.165) is 18.2 Å². The number of anilines is 1. The van der Waals surface area contributed by atoms with Gasteiger partial charge in [0, 0.05) is 6.07 Å². The van der Waals surface area contributed by atoms with Crippen molar-refractivity contribution in [1.29, 1.82) is 0 Å². The summed E-state index contributed by atoms with van der Waals surface area (Å²) in [5, 5.41) is 12.2. The summed E-state index contributed by atoms with van der Waals surface area (Å²) >= 11 is 0. The first kappa shape index (κ1) is 20.9. The maximum atomic E-state index is 14.1. The van der Waals surface area contributed by atoms with Crippen molar-refractivity contribution in [2.45, 2.75) is 31.5 Å². The van der Waals surface area contributed by atoms with E-state index in [4.69, 9.17) is 4.74 Å². The van der Waals surface area contributed by atoms with Crippen LogP contribution in [0.3, 0.4) is 0 Å². The Kier molecular flexibility index (Phi) is 5.94. The molecule has 2 aromatic rings. The molecule has 0 bridgehead atoms. The van der Waals surface area contributed by atoms with E-state index >= 15 is 0 Å². The molecule has 0 saturated carbocycles. The minimum atomic E-state index is -4.80. The molecule has 29 heavy (non-hydrogen) atoms. The molecule has 3 rings (SSSR count). The minimum Gasteiger partial charge on any atom is -0.457 e. The molecule has 156 valence electrons. The number of hydrogen-bond donors (Lipinski definition) is 2. The lowest BCUT2D eigenvalue weighted by atomic mass is 10.2. The Balaban J connectivity index is 1.68. The third-order valence-corrected chi connectivity index (χ3v) is 4.45. The van der Waals surface area contributed by atoms with Gasteiger partial charge in [-0.3, -0.25) is 9.69 Å². The molecular weight excluding hydrogens is 396 g/mol. The van der Waals surface area contributed by atoms with Crippen LogP contribution in [-0.2, 0) is 4.79 Å². The maximum Gasteiger partial charge on any atom is 0.573 e. The van der Waals surface area contributed by atoms with Crippen LogP contribution < -0.4 is 14.8 Å². The average Bonchev–Trinajstić information content (AvgIpc) is 2.97. The fourth-order valence-electron chi connectivity index (χ4n) is 2.96. The third kappa shape index (κ3) is 5.36. The second-order valence-corrected chi connectivity index (χ2v) is 6.49. The molecule has 1 saturated heterocycles. The third-order valence-electron chi connectivity index (χ3n) is 4.45. The van der Waals surface area contributed by atoms with Crippen LogP contribution in [0.5, 0.6) is 17.2 Å². The van der Waals surface area contributed by atoms with Gasteiger partial charge in [0.1, 0.15) is 29.3 Å². The number of likely N-dealkylation sites (tertiary alicyclic amines) is 1. The number of carbonyl (C=O) groups is 1. The smallest absolute Gasteiger partial charge is 0.457 e. The number of alkyl halides is 3. The molecule has 0 radical (unpaired) electrons. The molecule has 1 amide bonds. The summed E-state index contributed by atoms with van der Waals surface area (Å²) in [7, 11) is 1.60. The highest BCUT2D eigenvalue weighted by Crippen LogP contribution is 2.30. The van der Waals surface area contributed by atoms with Gasteiger partial charge in [-0.15, -0.1) is 13.2 Å². The van der Waals surface area contributed by atoms with Gasteiger partial charge in [-0.25, -0.2) is 4.39 Å². The molecule has 2 aromatic carbocycles. The summed E-state index contributed by atoms with van der Waals surface area (Å²) < 4.78 is 59.9. The Morgan fingerprint density at radius 3 is 2.31 bits per heavy atom. The standard InChI is InChI=1S/C19H18F4N2O4/c1-25-16(8-9-17(25)26)18(27)24-15-10-13(6-7-14(15)20)28-11-2-4-12(5-3-11)29-19(21,22)23/h2-7,10,16-17,26H,8-9H2,1H3,(H,24,27). The van der Waals surface area contributed by atoms with Crippen molar-refractivity contribution in [3.8, 4) is 17.2 Å². The molecule has 1 aliphatic heterocycles. The lowest BCUT2D eigenvalue weighted by Crippen LogP contribution is -2.40. The van der Waals surface area contributed by atoms with E-state index in [2.05, 4.69) is 10.1 Å². The van der Waals surface area contributed by atoms with E-state index in [-0.39, 0.29) is 17.2 Å². The summed E-state index contributed by atoms with van der Waals surface area (Å²) in [5.74, 6) is -1.18. The van der Waals surface area contributed by atoms with Crippen molar-refractivity contribution >= 4 is 11.6 Å². The predicted octanol–water partition coefficient (Wildman–Crippen LogP) is 3.87. The van der Waals surface area contributed by atoms with Gasteiger partial charge in [0.15, 0.2) is 0 Å². The zero-order valence-corrected chi connectivity index (χ0v) is 15.2. The second-order valence-electron chi connectivity index (χ2n) is 6.49. The highest BCUT2D eigenvalue weighted by Gasteiger charge is 2.34. The number of hydrogen-bond acceptors (Lipinski definition) is 5. The van der Waals surface area contributed by atoms with Crippen LogP contribution in [0.4, 0.5) is 23.2 Å². The van der Waals surface area contributed by atoms with Gasteiger partial charge >= 0.3 is 6.36 Å². The van der Waals surface area contributed by atoms with Gasteiger partial charge in [0.2, 0.25) is 5.91 Å². The van der Waals surface area contributed by atoms with Crippen molar-refractivity contribution in [1.82, 2.24) is 4.90 Å². The van der Waals surface area contributed by atoms with Crippen LogP contribution in [0.2, 0.25) is 0 Å². The summed E-state index contributed by atoms with van der Waals surface area (Å²) in [4.78, 5) is 13.9. The number of likely N-dealkylation sites (N-methyl/N-ethyl adjacent to an activating group) is 1. The Hall–Kier alpha value is -2.85. The zero-order chi connectivity index (χ0) is 21.2. The van der Waals surface area contributed by atoms with Crippen LogP contribution in [0.15, 0.2) is 42.5 Å². The monoisotopic (exact) mass is 414 g/mol. The number of nitrogens with one attached hydrogen (secondary N) is 1. The molecule has 1 fully saturated rings. The highest BCUT2D eigenvalue weighted by atomic mass is 19.4. The molecular formula is C19H18F4N2O4. The number of aliphatic hydroxyl groups excluding tert-OH is 1. The summed E-state index contributed by atoms with van der Waals surface area (Å²) in [5.41, 5.74) is -0.112. The zero-order valence-electron chi connectivity index (χ0n) is 15.2. The summed E-state index contributed by atoms with van der Waals surface area (Å²) in [6.07, 6.45) is -4.65. The number of halogens is 4. The fraction of sp³-hybridized carbons (Fsp3) is 0.316. The number of carbonyl (C=O) groups excluding carboxylic acids is 1. The number of rotatable bonds is 5. The average molecular weight is 414 g/mol. The maximum absolute atomic E-state index is 14.1. The number of amides is 1. The van der Waals surface area contributed by atoms with Gasteiger partial charge < -0.3 is 19.9 Å². The minimum absolute atomic E-state index is 0.112. The van der Waals surface area contributed by atoms with Crippen LogP contribution in [0, 0.1) is 5.82 Å². The quantitative estimate of drug-likeness (QED) is 0.727. The normalized spacial score (nSPS) is 19.8. The molecule has 6 nitrogen and oxygen atoms in total. The van der Waals surface area contributed by atoms with Crippen molar-refractivity contribution in [2.75, 3.05) is 12.4 Å². The number of nitrogens with zero attached hydrogens (tertiary/aromatic N) is 1. The topological polar surface area (TPSA) is 71.0 Å². The van der Waals surface area contributed by atoms with Crippen LogP contribution >= 0.6 is 0 Å². The van der Waals surface area contributed by atoms with E-state index in [0.29, 0.717) is 12.8 Å². The molecule has 1 heterocycles. The molecule has 2 atom stereocenters. The molecule has 0 aromatic heterocycles. The van der Waals surface area contributed by atoms with Gasteiger partial charge in [-0.2, -0.15) is 0 Å². The molecule has 10 heteroatoms. The van der Waals surface area contributed by atoms with E-state index in [9.17, 15) is 27.5 Å². The lowest BCUT2D eigenvalue weighted by molar-refractivity contribution is -0.274. The van der Waals surface area contributed by atoms with Crippen molar-refractivity contribution in [3.63, 3.8) is 0 Å². The first-order valence-corrected chi connectivity index (χ1v) is 8.66. The molecule has 2 N–H and O–H groups in total. The van der Waals surface area contributed by atoms with Crippen molar-refractivity contribution in [3.05, 3.63) is 48.3 Å². The van der Waals surface area contributed by atoms with Crippen molar-refractivity contribution in [2.24, 2.45) is 0 Å². The van der Waals surface area contributed by atoms with Gasteiger partial charge in [-0.1, -0.05) is 0 Å². The van der Waals surface area contributed by atoms with Gasteiger partial charge in [-0.05, 0) is 56.3 Å². The summed E-state index contributed by atoms with van der Waals surface area (Å²) in [6.45, 7) is 0. The predicted molar refractivity (Wildman–Crippen MR) is 95.0 cm³/mol. The van der Waals surface area contributed by atoms with E-state index in [1.54, 1.807) is 7.05 Å². The van der Waals surface area contributed by atoms with E-state index in [1.165, 1.54) is 29.2 Å². The lowest BCUT2D eigenvalue weighted by Gasteiger charge is -2.21. The van der Waals surface area contributed by atoms with Crippen LogP contribution in [-0.4, -0.2) is 41.6 Å². The number of aliphatic hydroxyl groups is 1. The van der Waals surface area contributed by atoms with Gasteiger partial charge in [0.05, 0.1) is 11.7 Å². The van der Waals surface area contributed by atoms with Crippen LogP contribution in [0.1, 0.15) is 12.8 Å². The number of benzene rings is 2. The Bertz CT molecular complexity index is 874. The highest BCUT2D eigenvalue weighted by molar-refractivity contribution is 5.95. The number of ether oxygens (including phenoxy) is 2. The molecule has 0 aliphatic carbocycles. The largest absolute Gasteiger partial charge is 0.573 e. The second kappa shape index (κ2) is 8.26. The first-order valence-electron chi connectivity index (χ1n) is 8.66. The Morgan fingerprint density at radius 2 is 1.72 bits per heavy atom. The van der Waals surface area contributed by atoms with Crippen molar-refractivity contribution < 1.29 is 36.9 Å².